The molecule has 3 aliphatic rings. The Kier molecular flexibility index (Phi) is 8.27. The number of fused-ring (bicyclic) bond motifs is 1. The minimum atomic E-state index is -0.570. The third-order valence-corrected chi connectivity index (χ3v) is 8.08. The van der Waals surface area contributed by atoms with Gasteiger partial charge in [-0.3, -0.25) is 0 Å². The van der Waals surface area contributed by atoms with Crippen molar-refractivity contribution in [2.75, 3.05) is 13.3 Å². The van der Waals surface area contributed by atoms with Gasteiger partial charge in [-0.1, -0.05) is 24.8 Å². The molecule has 0 aromatic heterocycles. The van der Waals surface area contributed by atoms with Crippen molar-refractivity contribution in [1.29, 1.82) is 0 Å². The van der Waals surface area contributed by atoms with E-state index in [-0.39, 0.29) is 18.7 Å². The number of benzene rings is 1. The Labute approximate surface area is 229 Å². The maximum atomic E-state index is 12.6. The number of nitrogens with one attached hydrogen (secondary N) is 1. The summed E-state index contributed by atoms with van der Waals surface area (Å²) in [5.74, 6) is 2.31. The first-order chi connectivity index (χ1) is 17.6. The van der Waals surface area contributed by atoms with Crippen LogP contribution in [-0.2, 0) is 4.74 Å². The lowest BCUT2D eigenvalue weighted by Crippen LogP contribution is -2.47. The maximum Gasteiger partial charge on any atom is 0.407 e. The van der Waals surface area contributed by atoms with Crippen molar-refractivity contribution >= 4 is 44.8 Å². The van der Waals surface area contributed by atoms with E-state index in [4.69, 9.17) is 30.7 Å². The van der Waals surface area contributed by atoms with Crippen molar-refractivity contribution in [3.8, 4) is 11.5 Å². The average molecular weight is 594 g/mol. The molecular formula is C25H33BrN6O4S. The monoisotopic (exact) mass is 592 g/mol. The van der Waals surface area contributed by atoms with E-state index in [9.17, 15) is 4.79 Å². The quantitative estimate of drug-likeness (QED) is 0.416. The molecule has 1 aromatic rings. The van der Waals surface area contributed by atoms with E-state index >= 15 is 0 Å². The predicted octanol–water partition coefficient (Wildman–Crippen LogP) is 4.65. The second-order valence-electron chi connectivity index (χ2n) is 9.96. The number of aliphatic imine (C=N–C) groups is 2. The Morgan fingerprint density at radius 2 is 2.08 bits per heavy atom. The predicted molar refractivity (Wildman–Crippen MR) is 148 cm³/mol. The summed E-state index contributed by atoms with van der Waals surface area (Å²) < 4.78 is 17.4. The van der Waals surface area contributed by atoms with Crippen molar-refractivity contribution in [3.05, 3.63) is 40.9 Å². The highest BCUT2D eigenvalue weighted by Crippen LogP contribution is 2.42. The number of alkyl carbamates (subject to hydrolysis) is 1. The van der Waals surface area contributed by atoms with Crippen molar-refractivity contribution in [3.63, 3.8) is 0 Å². The number of hydrogen-bond donors (Lipinski definition) is 3. The van der Waals surface area contributed by atoms with Crippen LogP contribution in [0, 0.1) is 5.92 Å². The Balaban J connectivity index is 1.57. The zero-order chi connectivity index (χ0) is 26.7. The molecule has 2 aliphatic heterocycles. The van der Waals surface area contributed by atoms with Gasteiger partial charge >= 0.3 is 6.09 Å². The van der Waals surface area contributed by atoms with Gasteiger partial charge in [0.05, 0.1) is 0 Å². The number of carbonyl (C=O) groups is 1. The number of nitrogens with zero attached hydrogens (tertiary/aromatic N) is 3. The highest BCUT2D eigenvalue weighted by molar-refractivity contribution is 9.10. The number of ether oxygens (including phenoxy) is 3. The highest BCUT2D eigenvalue weighted by Gasteiger charge is 2.35. The van der Waals surface area contributed by atoms with Crippen LogP contribution >= 0.6 is 27.7 Å². The molecule has 4 rings (SSSR count). The number of amides is 1. The maximum absolute atomic E-state index is 12.6. The van der Waals surface area contributed by atoms with Gasteiger partial charge in [-0.15, -0.1) is 0 Å². The minimum absolute atomic E-state index is 0.0552. The summed E-state index contributed by atoms with van der Waals surface area (Å²) >= 11 is 5.04. The molecule has 1 unspecified atom stereocenters. The zero-order valence-corrected chi connectivity index (χ0v) is 23.7. The number of rotatable bonds is 7. The molecule has 2 heterocycles. The second kappa shape index (κ2) is 11.3. The summed E-state index contributed by atoms with van der Waals surface area (Å²) in [6, 6.07) is 3.71. The fourth-order valence-corrected chi connectivity index (χ4v) is 5.69. The van der Waals surface area contributed by atoms with Crippen LogP contribution in [0.25, 0.3) is 0 Å². The summed E-state index contributed by atoms with van der Waals surface area (Å²) in [5, 5.41) is 3.73. The standard InChI is InChI=1S/C25H33BrN6O4S/c1-5-29-22-20(21(27)28)31-23(37-19-12-18-17(11-15(19)26)34-13-35-18)32(22)10-9-16(14-7-6-8-14)30-24(33)36-25(2,3)4/h5,11-12,14,16H,1,6-10,13,27-28H2,2-4H3,(H,30,33)/b29-22+. The number of hydrogen-bond acceptors (Lipinski definition) is 9. The molecule has 1 aliphatic carbocycles. The number of carbonyl (C=O) groups excluding carboxylic acids is 1. The van der Waals surface area contributed by atoms with Crippen LogP contribution in [0.4, 0.5) is 4.79 Å². The van der Waals surface area contributed by atoms with Gasteiger partial charge in [0.2, 0.25) is 6.79 Å². The molecule has 10 nitrogen and oxygen atoms in total. The van der Waals surface area contributed by atoms with Gasteiger partial charge in [0.25, 0.3) is 0 Å². The van der Waals surface area contributed by atoms with Crippen LogP contribution in [0.5, 0.6) is 11.5 Å². The Morgan fingerprint density at radius 3 is 2.68 bits per heavy atom. The molecule has 1 fully saturated rings. The lowest BCUT2D eigenvalue weighted by molar-refractivity contribution is 0.0459. The molecule has 37 heavy (non-hydrogen) atoms. The van der Waals surface area contributed by atoms with Crippen molar-refractivity contribution < 1.29 is 19.0 Å². The van der Waals surface area contributed by atoms with E-state index in [2.05, 4.69) is 32.8 Å². The molecule has 0 saturated heterocycles. The van der Waals surface area contributed by atoms with Gasteiger partial charge in [-0.2, -0.15) is 0 Å². The van der Waals surface area contributed by atoms with Crippen LogP contribution in [0.3, 0.4) is 0 Å². The third-order valence-electron chi connectivity index (χ3n) is 6.11. The van der Waals surface area contributed by atoms with Gasteiger partial charge in [0.1, 0.15) is 17.1 Å². The fourth-order valence-electron chi connectivity index (χ4n) is 4.18. The molecular weight excluding hydrogens is 560 g/mol. The molecule has 1 amide bonds. The van der Waals surface area contributed by atoms with Crippen molar-refractivity contribution in [1.82, 2.24) is 10.2 Å². The SMILES string of the molecule is C=C/N=C1\C(=C(N)N)N=C(Sc2cc3c(cc2Br)OCO3)N1CCC(NC(=O)OC(C)(C)C)C1CCC1. The Hall–Kier alpha value is -2.86. The van der Waals surface area contributed by atoms with Gasteiger partial charge < -0.3 is 35.9 Å². The Bertz CT molecular complexity index is 1150. The summed E-state index contributed by atoms with van der Waals surface area (Å²) in [6.07, 6.45) is 4.96. The number of halogens is 1. The van der Waals surface area contributed by atoms with Crippen LogP contribution in [-0.4, -0.2) is 47.0 Å². The molecule has 1 saturated carbocycles. The van der Waals surface area contributed by atoms with E-state index in [1.54, 1.807) is 0 Å². The smallest absolute Gasteiger partial charge is 0.407 e. The lowest BCUT2D eigenvalue weighted by Gasteiger charge is -2.35. The van der Waals surface area contributed by atoms with E-state index in [1.165, 1.54) is 18.0 Å². The van der Waals surface area contributed by atoms with Crippen LogP contribution in [0.1, 0.15) is 46.5 Å². The van der Waals surface area contributed by atoms with Gasteiger partial charge in [0, 0.05) is 28.2 Å². The largest absolute Gasteiger partial charge is 0.454 e. The molecule has 0 bridgehead atoms. The first kappa shape index (κ1) is 27.2. The first-order valence-electron chi connectivity index (χ1n) is 12.1. The van der Waals surface area contributed by atoms with Crippen LogP contribution in [0.15, 0.2) is 55.8 Å². The number of thioether (sulfide) groups is 1. The van der Waals surface area contributed by atoms with E-state index in [0.717, 1.165) is 28.6 Å². The van der Waals surface area contributed by atoms with Crippen LogP contribution in [0.2, 0.25) is 0 Å². The zero-order valence-electron chi connectivity index (χ0n) is 21.3. The van der Waals surface area contributed by atoms with E-state index < -0.39 is 11.7 Å². The Morgan fingerprint density at radius 1 is 1.38 bits per heavy atom. The first-order valence-corrected chi connectivity index (χ1v) is 13.7. The second-order valence-corrected chi connectivity index (χ2v) is 11.8. The summed E-state index contributed by atoms with van der Waals surface area (Å²) in [6.45, 7) is 10.0. The average Bonchev–Trinajstić information content (AvgIpc) is 3.34. The summed E-state index contributed by atoms with van der Waals surface area (Å²) in [5.41, 5.74) is 11.8. The third kappa shape index (κ3) is 6.53. The molecule has 200 valence electrons. The summed E-state index contributed by atoms with van der Waals surface area (Å²) in [7, 11) is 0. The topological polar surface area (TPSA) is 137 Å². The van der Waals surface area contributed by atoms with Crippen molar-refractivity contribution in [2.45, 2.75) is 63.0 Å². The van der Waals surface area contributed by atoms with Gasteiger partial charge in [0.15, 0.2) is 22.5 Å². The highest BCUT2D eigenvalue weighted by atomic mass is 79.9. The molecule has 5 N–H and O–H groups in total. The van der Waals surface area contributed by atoms with Gasteiger partial charge in [-0.25, -0.2) is 14.8 Å². The molecule has 0 spiro atoms. The normalized spacial score (nSPS) is 18.9. The fraction of sp³-hybridized carbons (Fsp3) is 0.480. The molecule has 0 radical (unpaired) electrons. The molecule has 1 atom stereocenters. The lowest BCUT2D eigenvalue weighted by atomic mass is 9.78. The number of amidine groups is 2. The summed E-state index contributed by atoms with van der Waals surface area (Å²) in [4.78, 5) is 24.6. The minimum Gasteiger partial charge on any atom is -0.454 e. The van der Waals surface area contributed by atoms with E-state index in [0.29, 0.717) is 47.1 Å². The van der Waals surface area contributed by atoms with Crippen molar-refractivity contribution in [2.24, 2.45) is 27.4 Å². The van der Waals surface area contributed by atoms with E-state index in [1.807, 2.05) is 37.8 Å². The van der Waals surface area contributed by atoms with Gasteiger partial charge in [-0.05, 0) is 74.0 Å². The van der Waals surface area contributed by atoms with Crippen LogP contribution < -0.4 is 26.3 Å². The molecule has 12 heteroatoms. The molecule has 1 aromatic carbocycles. The number of nitrogens with two attached hydrogens (primary N) is 2.